The van der Waals surface area contributed by atoms with Crippen molar-refractivity contribution in [3.63, 3.8) is 0 Å². The third-order valence-corrected chi connectivity index (χ3v) is 3.90. The van der Waals surface area contributed by atoms with Crippen molar-refractivity contribution in [3.8, 4) is 0 Å². The van der Waals surface area contributed by atoms with E-state index < -0.39 is 0 Å². The molecule has 0 fully saturated rings. The van der Waals surface area contributed by atoms with Crippen LogP contribution in [0.5, 0.6) is 0 Å². The lowest BCUT2D eigenvalue weighted by atomic mass is 10.3. The Kier molecular flexibility index (Phi) is 5.36. The quantitative estimate of drug-likeness (QED) is 0.779. The molecule has 19 heavy (non-hydrogen) atoms. The number of rotatable bonds is 7. The van der Waals surface area contributed by atoms with E-state index in [1.807, 2.05) is 12.3 Å². The van der Waals surface area contributed by atoms with Crippen LogP contribution in [0.1, 0.15) is 25.1 Å². The highest BCUT2D eigenvalue weighted by Gasteiger charge is 2.11. The molecule has 1 aromatic carbocycles. The van der Waals surface area contributed by atoms with Gasteiger partial charge in [-0.15, -0.1) is 11.3 Å². The van der Waals surface area contributed by atoms with Crippen LogP contribution in [0.15, 0.2) is 36.5 Å². The molecule has 0 saturated carbocycles. The SMILES string of the molecule is CCCNCc1cnc(N(CC)c2ccccc2)s1. The Bertz CT molecular complexity index is 481. The number of aromatic nitrogens is 1. The number of nitrogens with zero attached hydrogens (tertiary/aromatic N) is 2. The minimum absolute atomic E-state index is 0.915. The van der Waals surface area contributed by atoms with Gasteiger partial charge < -0.3 is 10.2 Å². The van der Waals surface area contributed by atoms with E-state index in [4.69, 9.17) is 0 Å². The number of hydrogen-bond acceptors (Lipinski definition) is 4. The van der Waals surface area contributed by atoms with E-state index in [0.29, 0.717) is 0 Å². The van der Waals surface area contributed by atoms with E-state index in [9.17, 15) is 0 Å². The molecule has 2 rings (SSSR count). The van der Waals surface area contributed by atoms with Gasteiger partial charge in [0.25, 0.3) is 0 Å². The first kappa shape index (κ1) is 14.0. The molecule has 1 aromatic heterocycles. The maximum atomic E-state index is 4.55. The van der Waals surface area contributed by atoms with E-state index in [-0.39, 0.29) is 0 Å². The molecule has 0 bridgehead atoms. The zero-order valence-electron chi connectivity index (χ0n) is 11.6. The van der Waals surface area contributed by atoms with E-state index >= 15 is 0 Å². The van der Waals surface area contributed by atoms with Gasteiger partial charge in [0.1, 0.15) is 0 Å². The number of hydrogen-bond donors (Lipinski definition) is 1. The summed E-state index contributed by atoms with van der Waals surface area (Å²) < 4.78 is 0. The van der Waals surface area contributed by atoms with Crippen LogP contribution in [0.25, 0.3) is 0 Å². The maximum absolute atomic E-state index is 4.55. The zero-order valence-corrected chi connectivity index (χ0v) is 12.4. The molecule has 4 heteroatoms. The highest BCUT2D eigenvalue weighted by molar-refractivity contribution is 7.15. The normalized spacial score (nSPS) is 10.6. The van der Waals surface area contributed by atoms with Crippen LogP contribution < -0.4 is 10.2 Å². The Morgan fingerprint density at radius 3 is 2.68 bits per heavy atom. The molecule has 3 nitrogen and oxygen atoms in total. The largest absolute Gasteiger partial charge is 0.318 e. The summed E-state index contributed by atoms with van der Waals surface area (Å²) >= 11 is 1.76. The van der Waals surface area contributed by atoms with Gasteiger partial charge in [-0.05, 0) is 32.0 Å². The van der Waals surface area contributed by atoms with Gasteiger partial charge in [-0.2, -0.15) is 0 Å². The summed E-state index contributed by atoms with van der Waals surface area (Å²) in [7, 11) is 0. The van der Waals surface area contributed by atoms with Crippen molar-refractivity contribution >= 4 is 22.2 Å². The van der Waals surface area contributed by atoms with Crippen LogP contribution in [0, 0.1) is 0 Å². The van der Waals surface area contributed by atoms with Gasteiger partial charge in [-0.25, -0.2) is 4.98 Å². The van der Waals surface area contributed by atoms with Crippen molar-refractivity contribution < 1.29 is 0 Å². The zero-order chi connectivity index (χ0) is 13.5. The van der Waals surface area contributed by atoms with Gasteiger partial charge >= 0.3 is 0 Å². The third kappa shape index (κ3) is 3.78. The molecule has 0 radical (unpaired) electrons. The summed E-state index contributed by atoms with van der Waals surface area (Å²) in [6, 6.07) is 10.4. The van der Waals surface area contributed by atoms with E-state index in [1.54, 1.807) is 11.3 Å². The van der Waals surface area contributed by atoms with Crippen molar-refractivity contribution in [1.82, 2.24) is 10.3 Å². The minimum Gasteiger partial charge on any atom is -0.318 e. The van der Waals surface area contributed by atoms with E-state index in [2.05, 4.69) is 53.3 Å². The Labute approximate surface area is 119 Å². The fourth-order valence-electron chi connectivity index (χ4n) is 1.93. The number of para-hydroxylation sites is 1. The summed E-state index contributed by atoms with van der Waals surface area (Å²) in [6.45, 7) is 7.24. The fraction of sp³-hybridized carbons (Fsp3) is 0.400. The number of benzene rings is 1. The summed E-state index contributed by atoms with van der Waals surface area (Å²) in [6.07, 6.45) is 3.14. The highest BCUT2D eigenvalue weighted by atomic mass is 32.1. The van der Waals surface area contributed by atoms with Crippen molar-refractivity contribution in [2.45, 2.75) is 26.8 Å². The summed E-state index contributed by atoms with van der Waals surface area (Å²) in [5.41, 5.74) is 1.20. The number of thiazole rings is 1. The predicted octanol–water partition coefficient (Wildman–Crippen LogP) is 3.80. The maximum Gasteiger partial charge on any atom is 0.190 e. The molecule has 0 spiro atoms. The van der Waals surface area contributed by atoms with Crippen LogP contribution in [0.4, 0.5) is 10.8 Å². The van der Waals surface area contributed by atoms with Crippen LogP contribution in [-0.2, 0) is 6.54 Å². The molecule has 0 aliphatic carbocycles. The molecule has 2 aromatic rings. The molecule has 0 saturated heterocycles. The first-order chi connectivity index (χ1) is 9.35. The van der Waals surface area contributed by atoms with Gasteiger partial charge in [-0.1, -0.05) is 25.1 Å². The van der Waals surface area contributed by atoms with Crippen molar-refractivity contribution in [2.24, 2.45) is 0 Å². The highest BCUT2D eigenvalue weighted by Crippen LogP contribution is 2.28. The first-order valence-corrected chi connectivity index (χ1v) is 7.64. The average Bonchev–Trinajstić information content (AvgIpc) is 2.90. The molecule has 0 atom stereocenters. The third-order valence-electron chi connectivity index (χ3n) is 2.88. The van der Waals surface area contributed by atoms with Gasteiger partial charge in [0.15, 0.2) is 5.13 Å². The lowest BCUT2D eigenvalue weighted by Gasteiger charge is -2.19. The summed E-state index contributed by atoms with van der Waals surface area (Å²) in [5, 5.41) is 4.48. The van der Waals surface area contributed by atoms with Gasteiger partial charge in [0, 0.05) is 29.9 Å². The molecular formula is C15H21N3S. The van der Waals surface area contributed by atoms with Crippen LogP contribution in [0.2, 0.25) is 0 Å². The molecule has 0 unspecified atom stereocenters. The van der Waals surface area contributed by atoms with Crippen molar-refractivity contribution in [1.29, 1.82) is 0 Å². The van der Waals surface area contributed by atoms with Gasteiger partial charge in [0.05, 0.1) is 0 Å². The lowest BCUT2D eigenvalue weighted by Crippen LogP contribution is -2.15. The predicted molar refractivity (Wildman–Crippen MR) is 83.2 cm³/mol. The second kappa shape index (κ2) is 7.26. The van der Waals surface area contributed by atoms with Crippen molar-refractivity contribution in [3.05, 3.63) is 41.4 Å². The fourth-order valence-corrected chi connectivity index (χ4v) is 2.89. The molecule has 1 N–H and O–H groups in total. The van der Waals surface area contributed by atoms with Crippen LogP contribution in [-0.4, -0.2) is 18.1 Å². The Balaban J connectivity index is 2.07. The second-order valence-corrected chi connectivity index (χ2v) is 5.46. The molecular weight excluding hydrogens is 254 g/mol. The topological polar surface area (TPSA) is 28.2 Å². The summed E-state index contributed by atoms with van der Waals surface area (Å²) in [5.74, 6) is 0. The first-order valence-electron chi connectivity index (χ1n) is 6.83. The smallest absolute Gasteiger partial charge is 0.190 e. The molecule has 102 valence electrons. The Morgan fingerprint density at radius 2 is 2.00 bits per heavy atom. The van der Waals surface area contributed by atoms with Crippen LogP contribution >= 0.6 is 11.3 Å². The molecule has 0 amide bonds. The number of anilines is 2. The van der Waals surface area contributed by atoms with Crippen LogP contribution in [0.3, 0.4) is 0 Å². The van der Waals surface area contributed by atoms with Gasteiger partial charge in [-0.3, -0.25) is 0 Å². The minimum atomic E-state index is 0.915. The molecule has 1 heterocycles. The molecule has 0 aliphatic heterocycles. The summed E-state index contributed by atoms with van der Waals surface area (Å²) in [4.78, 5) is 8.08. The standard InChI is InChI=1S/C15H21N3S/c1-3-10-16-11-14-12-17-15(19-14)18(4-2)13-8-6-5-7-9-13/h5-9,12,16H,3-4,10-11H2,1-2H3. The monoisotopic (exact) mass is 275 g/mol. The Hall–Kier alpha value is -1.39. The average molecular weight is 275 g/mol. The van der Waals surface area contributed by atoms with Crippen molar-refractivity contribution in [2.75, 3.05) is 18.0 Å². The molecule has 0 aliphatic rings. The van der Waals surface area contributed by atoms with E-state index in [1.165, 1.54) is 10.6 Å². The Morgan fingerprint density at radius 1 is 1.21 bits per heavy atom. The van der Waals surface area contributed by atoms with E-state index in [0.717, 1.165) is 31.2 Å². The number of nitrogens with one attached hydrogen (secondary N) is 1. The van der Waals surface area contributed by atoms with Gasteiger partial charge in [0.2, 0.25) is 0 Å². The lowest BCUT2D eigenvalue weighted by molar-refractivity contribution is 0.681. The second-order valence-electron chi connectivity index (χ2n) is 4.37.